The number of nitrogens with one attached hydrogen (secondary N) is 2. The Hall–Kier alpha value is -2.76. The largest absolute Gasteiger partial charge is 0.318 e. The Morgan fingerprint density at radius 2 is 1.40 bits per heavy atom. The third-order valence-electron chi connectivity index (χ3n) is 2.43. The van der Waals surface area contributed by atoms with Crippen LogP contribution in [0.3, 0.4) is 0 Å². The maximum absolute atomic E-state index is 13.3. The van der Waals surface area contributed by atoms with Crippen molar-refractivity contribution >= 4 is 23.2 Å². The van der Waals surface area contributed by atoms with Crippen LogP contribution in [0.1, 0.15) is 0 Å². The second-order valence-electron chi connectivity index (χ2n) is 3.89. The molecule has 0 radical (unpaired) electrons. The highest BCUT2D eigenvalue weighted by molar-refractivity contribution is 6.43. The first-order valence-electron chi connectivity index (χ1n) is 5.68. The first-order valence-corrected chi connectivity index (χ1v) is 5.68. The molecule has 2 N–H and O–H groups in total. The molecule has 2 aromatic carbocycles. The lowest BCUT2D eigenvalue weighted by atomic mass is 10.3. The lowest BCUT2D eigenvalue weighted by molar-refractivity contribution is -0.133. The fraction of sp³-hybridized carbons (Fsp3) is 0. The molecule has 0 unspecified atom stereocenters. The molecule has 0 heterocycles. The van der Waals surface area contributed by atoms with Gasteiger partial charge in [-0.25, -0.2) is 8.78 Å². The molecule has 2 aromatic rings. The van der Waals surface area contributed by atoms with Crippen LogP contribution >= 0.6 is 0 Å². The number of anilines is 2. The van der Waals surface area contributed by atoms with Crippen LogP contribution in [0.15, 0.2) is 48.5 Å². The van der Waals surface area contributed by atoms with Crippen LogP contribution in [-0.4, -0.2) is 11.8 Å². The second kappa shape index (κ2) is 5.92. The van der Waals surface area contributed by atoms with Crippen LogP contribution in [0, 0.1) is 11.6 Å². The molecular weight excluding hydrogens is 266 g/mol. The van der Waals surface area contributed by atoms with Crippen molar-refractivity contribution in [3.05, 3.63) is 60.2 Å². The van der Waals surface area contributed by atoms with Gasteiger partial charge in [-0.05, 0) is 36.4 Å². The second-order valence-corrected chi connectivity index (χ2v) is 3.89. The SMILES string of the molecule is O=C(Nc1ccc(F)cc1)C(=O)Nc1ccccc1F. The Bertz CT molecular complexity index is 642. The lowest BCUT2D eigenvalue weighted by Gasteiger charge is -2.07. The van der Waals surface area contributed by atoms with E-state index >= 15 is 0 Å². The van der Waals surface area contributed by atoms with Crippen LogP contribution in [0.5, 0.6) is 0 Å². The molecule has 0 bridgehead atoms. The highest BCUT2D eigenvalue weighted by atomic mass is 19.1. The van der Waals surface area contributed by atoms with Crippen molar-refractivity contribution in [1.82, 2.24) is 0 Å². The van der Waals surface area contributed by atoms with Crippen LogP contribution in [0.4, 0.5) is 20.2 Å². The zero-order valence-corrected chi connectivity index (χ0v) is 10.2. The van der Waals surface area contributed by atoms with Gasteiger partial charge in [0.1, 0.15) is 11.6 Å². The van der Waals surface area contributed by atoms with E-state index in [0.717, 1.165) is 18.2 Å². The van der Waals surface area contributed by atoms with Gasteiger partial charge in [-0.3, -0.25) is 9.59 Å². The average Bonchev–Trinajstić information content (AvgIpc) is 2.44. The summed E-state index contributed by atoms with van der Waals surface area (Å²) in [4.78, 5) is 23.1. The Balaban J connectivity index is 2.01. The molecule has 0 saturated carbocycles. The molecule has 2 amide bonds. The summed E-state index contributed by atoms with van der Waals surface area (Å²) in [6.07, 6.45) is 0. The summed E-state index contributed by atoms with van der Waals surface area (Å²) in [5.41, 5.74) is 0.173. The molecule has 6 heteroatoms. The van der Waals surface area contributed by atoms with Crippen molar-refractivity contribution in [2.75, 3.05) is 10.6 Å². The van der Waals surface area contributed by atoms with Gasteiger partial charge >= 0.3 is 11.8 Å². The molecule has 20 heavy (non-hydrogen) atoms. The Kier molecular flexibility index (Phi) is 4.05. The Labute approximate surface area is 113 Å². The number of carbonyl (C=O) groups is 2. The van der Waals surface area contributed by atoms with Gasteiger partial charge in [0, 0.05) is 5.69 Å². The fourth-order valence-corrected chi connectivity index (χ4v) is 1.46. The molecule has 0 spiro atoms. The highest BCUT2D eigenvalue weighted by Gasteiger charge is 2.15. The molecule has 0 atom stereocenters. The number of hydrogen-bond acceptors (Lipinski definition) is 2. The van der Waals surface area contributed by atoms with E-state index in [1.165, 1.54) is 30.3 Å². The predicted molar refractivity (Wildman–Crippen MR) is 70.1 cm³/mol. The Morgan fingerprint density at radius 3 is 2.05 bits per heavy atom. The van der Waals surface area contributed by atoms with Crippen LogP contribution in [0.2, 0.25) is 0 Å². The van der Waals surface area contributed by atoms with Gasteiger partial charge in [0.2, 0.25) is 0 Å². The molecule has 2 rings (SSSR count). The van der Waals surface area contributed by atoms with Gasteiger partial charge in [0.25, 0.3) is 0 Å². The lowest BCUT2D eigenvalue weighted by Crippen LogP contribution is -2.29. The van der Waals surface area contributed by atoms with E-state index in [2.05, 4.69) is 10.6 Å². The van der Waals surface area contributed by atoms with Gasteiger partial charge < -0.3 is 10.6 Å². The molecular formula is C14H10F2N2O2. The normalized spacial score (nSPS) is 9.90. The summed E-state index contributed by atoms with van der Waals surface area (Å²) in [7, 11) is 0. The molecule has 0 aliphatic carbocycles. The van der Waals surface area contributed by atoms with Crippen LogP contribution < -0.4 is 10.6 Å². The summed E-state index contributed by atoms with van der Waals surface area (Å²) in [6.45, 7) is 0. The zero-order valence-electron chi connectivity index (χ0n) is 10.2. The van der Waals surface area contributed by atoms with E-state index in [1.54, 1.807) is 0 Å². The number of rotatable bonds is 2. The van der Waals surface area contributed by atoms with Gasteiger partial charge in [0.05, 0.1) is 5.69 Å². The minimum Gasteiger partial charge on any atom is -0.318 e. The summed E-state index contributed by atoms with van der Waals surface area (Å²) in [5, 5.41) is 4.41. The Morgan fingerprint density at radius 1 is 0.800 bits per heavy atom. The van der Waals surface area contributed by atoms with E-state index in [9.17, 15) is 18.4 Å². The monoisotopic (exact) mass is 276 g/mol. The first kappa shape index (κ1) is 13.7. The maximum atomic E-state index is 13.3. The summed E-state index contributed by atoms with van der Waals surface area (Å²) in [6, 6.07) is 10.4. The molecule has 0 saturated heterocycles. The number of carbonyl (C=O) groups excluding carboxylic acids is 2. The number of benzene rings is 2. The van der Waals surface area contributed by atoms with Crippen molar-refractivity contribution in [3.8, 4) is 0 Å². The number of halogens is 2. The minimum atomic E-state index is -1.01. The number of para-hydroxylation sites is 1. The number of amides is 2. The van der Waals surface area contributed by atoms with Gasteiger partial charge in [-0.1, -0.05) is 12.1 Å². The van der Waals surface area contributed by atoms with Crippen molar-refractivity contribution in [2.45, 2.75) is 0 Å². The van der Waals surface area contributed by atoms with E-state index in [1.807, 2.05) is 0 Å². The minimum absolute atomic E-state index is 0.0910. The topological polar surface area (TPSA) is 58.2 Å². The van der Waals surface area contributed by atoms with Gasteiger partial charge in [-0.15, -0.1) is 0 Å². The van der Waals surface area contributed by atoms with E-state index < -0.39 is 23.4 Å². The summed E-state index contributed by atoms with van der Waals surface area (Å²) < 4.78 is 26.0. The summed E-state index contributed by atoms with van der Waals surface area (Å²) >= 11 is 0. The standard InChI is InChI=1S/C14H10F2N2O2/c15-9-5-7-10(8-6-9)17-13(19)14(20)18-12-4-2-1-3-11(12)16/h1-8H,(H,17,19)(H,18,20). The van der Waals surface area contributed by atoms with Crippen molar-refractivity contribution in [2.24, 2.45) is 0 Å². The molecule has 0 fully saturated rings. The smallest absolute Gasteiger partial charge is 0.314 e. The highest BCUT2D eigenvalue weighted by Crippen LogP contribution is 2.13. The van der Waals surface area contributed by atoms with Gasteiger partial charge in [-0.2, -0.15) is 0 Å². The zero-order chi connectivity index (χ0) is 14.5. The van der Waals surface area contributed by atoms with Gasteiger partial charge in [0.15, 0.2) is 0 Å². The van der Waals surface area contributed by atoms with E-state index in [4.69, 9.17) is 0 Å². The first-order chi connectivity index (χ1) is 9.56. The van der Waals surface area contributed by atoms with Crippen molar-refractivity contribution < 1.29 is 18.4 Å². The average molecular weight is 276 g/mol. The van der Waals surface area contributed by atoms with Crippen LogP contribution in [0.25, 0.3) is 0 Å². The third kappa shape index (κ3) is 3.38. The molecule has 102 valence electrons. The van der Waals surface area contributed by atoms with Crippen molar-refractivity contribution in [1.29, 1.82) is 0 Å². The van der Waals surface area contributed by atoms with E-state index in [-0.39, 0.29) is 11.4 Å². The maximum Gasteiger partial charge on any atom is 0.314 e. The van der Waals surface area contributed by atoms with Crippen molar-refractivity contribution in [3.63, 3.8) is 0 Å². The molecule has 0 aromatic heterocycles. The molecule has 4 nitrogen and oxygen atoms in total. The van der Waals surface area contributed by atoms with Crippen LogP contribution in [-0.2, 0) is 9.59 Å². The third-order valence-corrected chi connectivity index (χ3v) is 2.43. The predicted octanol–water partition coefficient (Wildman–Crippen LogP) is 2.54. The molecule has 0 aliphatic heterocycles. The fourth-order valence-electron chi connectivity index (χ4n) is 1.46. The quantitative estimate of drug-likeness (QED) is 0.828. The molecule has 0 aliphatic rings. The summed E-state index contributed by atoms with van der Waals surface area (Å²) in [5.74, 6) is -3.09. The number of hydrogen-bond donors (Lipinski definition) is 2. The van der Waals surface area contributed by atoms with E-state index in [0.29, 0.717) is 0 Å².